The average molecular weight is 526 g/mol. The van der Waals surface area contributed by atoms with Crippen molar-refractivity contribution in [3.63, 3.8) is 0 Å². The standard InChI is InChI=1S/C27H31N3O8/c1-29(2)21-15-10-12-9-14-13(17(32)11-30-7-3-4-8-30)5-6-16(31)19(14)22(33)18(12)24(35)27(15,38)25(36)20(23(21)34)26(28)37/h5-6,12,15,18,20-21,31,38H,3-4,7-11H2,1-2H3,(H2,28,37)/t12-,15-,18?,20?,21-,27-/m0/s1. The molecule has 6 atom stereocenters. The van der Waals surface area contributed by atoms with Crippen molar-refractivity contribution in [1.29, 1.82) is 0 Å². The molecule has 0 bridgehead atoms. The molecular formula is C27H31N3O8. The van der Waals surface area contributed by atoms with Gasteiger partial charge in [-0.05, 0) is 76.5 Å². The van der Waals surface area contributed by atoms with Gasteiger partial charge < -0.3 is 15.9 Å². The summed E-state index contributed by atoms with van der Waals surface area (Å²) in [5.41, 5.74) is 3.02. The summed E-state index contributed by atoms with van der Waals surface area (Å²) >= 11 is 0. The van der Waals surface area contributed by atoms with E-state index in [4.69, 9.17) is 5.73 Å². The van der Waals surface area contributed by atoms with E-state index >= 15 is 0 Å². The van der Waals surface area contributed by atoms with Gasteiger partial charge in [0.1, 0.15) is 5.75 Å². The molecule has 2 saturated carbocycles. The number of carbonyl (C=O) groups excluding carboxylic acids is 6. The number of Topliss-reactive ketones (excluding diaryl/α,β-unsaturated/α-hetero) is 5. The SMILES string of the molecule is CN(C)[C@@H]1C(=O)C(C(N)=O)C(=O)[C@@]2(O)C(=O)C3C(=O)c4c(O)ccc(C(=O)CN5CCCC5)c4C[C@H]3C[C@@H]12. The van der Waals surface area contributed by atoms with E-state index in [1.165, 1.54) is 31.1 Å². The number of hydrogen-bond donors (Lipinski definition) is 3. The maximum atomic E-state index is 13.8. The first-order valence-electron chi connectivity index (χ1n) is 12.8. The van der Waals surface area contributed by atoms with Gasteiger partial charge in [-0.15, -0.1) is 0 Å². The van der Waals surface area contributed by atoms with Gasteiger partial charge in [0.05, 0.1) is 24.1 Å². The van der Waals surface area contributed by atoms with Crippen LogP contribution in [0.3, 0.4) is 0 Å². The summed E-state index contributed by atoms with van der Waals surface area (Å²) in [6.07, 6.45) is 2.01. The number of nitrogens with two attached hydrogens (primary N) is 1. The molecule has 38 heavy (non-hydrogen) atoms. The minimum Gasteiger partial charge on any atom is -0.507 e. The van der Waals surface area contributed by atoms with Crippen LogP contribution in [0.25, 0.3) is 0 Å². The lowest BCUT2D eigenvalue weighted by molar-refractivity contribution is -0.181. The number of phenols is 1. The van der Waals surface area contributed by atoms with Gasteiger partial charge in [0.15, 0.2) is 40.4 Å². The predicted octanol–water partition coefficient (Wildman–Crippen LogP) is -0.854. The largest absolute Gasteiger partial charge is 0.507 e. The van der Waals surface area contributed by atoms with Crippen LogP contribution in [0.5, 0.6) is 5.75 Å². The van der Waals surface area contributed by atoms with Gasteiger partial charge in [-0.2, -0.15) is 0 Å². The van der Waals surface area contributed by atoms with Crippen LogP contribution in [0.2, 0.25) is 0 Å². The number of ketones is 5. The van der Waals surface area contributed by atoms with Crippen LogP contribution >= 0.6 is 0 Å². The van der Waals surface area contributed by atoms with Crippen molar-refractivity contribution in [1.82, 2.24) is 9.80 Å². The van der Waals surface area contributed by atoms with E-state index < -0.39 is 70.1 Å². The second kappa shape index (κ2) is 9.18. The summed E-state index contributed by atoms with van der Waals surface area (Å²) in [6, 6.07) is 1.56. The van der Waals surface area contributed by atoms with E-state index in [1.807, 2.05) is 4.90 Å². The number of benzene rings is 1. The van der Waals surface area contributed by atoms with E-state index in [9.17, 15) is 39.0 Å². The maximum absolute atomic E-state index is 13.8. The number of fused-ring (bicyclic) bond motifs is 3. The zero-order valence-corrected chi connectivity index (χ0v) is 21.3. The fourth-order valence-corrected chi connectivity index (χ4v) is 7.09. The normalized spacial score (nSPS) is 33.2. The van der Waals surface area contributed by atoms with Gasteiger partial charge in [0.25, 0.3) is 0 Å². The van der Waals surface area contributed by atoms with Crippen molar-refractivity contribution >= 4 is 34.8 Å². The van der Waals surface area contributed by atoms with Crippen LogP contribution < -0.4 is 5.73 Å². The fourth-order valence-electron chi connectivity index (χ4n) is 7.09. The number of hydrogen-bond acceptors (Lipinski definition) is 10. The molecule has 4 aliphatic rings. The summed E-state index contributed by atoms with van der Waals surface area (Å²) in [7, 11) is 3.06. The molecule has 202 valence electrons. The van der Waals surface area contributed by atoms with Crippen LogP contribution in [0.15, 0.2) is 12.1 Å². The number of likely N-dealkylation sites (tertiary alicyclic amines) is 1. The lowest BCUT2D eigenvalue weighted by Gasteiger charge is -2.52. The Morgan fingerprint density at radius 1 is 1.11 bits per heavy atom. The van der Waals surface area contributed by atoms with Crippen molar-refractivity contribution < 1.29 is 39.0 Å². The molecule has 1 aromatic carbocycles. The molecule has 5 rings (SSSR count). The Hall–Kier alpha value is -3.28. The summed E-state index contributed by atoms with van der Waals surface area (Å²) in [6.45, 7) is 1.76. The number of carbonyl (C=O) groups is 6. The molecule has 1 aromatic rings. The van der Waals surface area contributed by atoms with Gasteiger partial charge in [-0.3, -0.25) is 38.6 Å². The number of aliphatic hydroxyl groups is 1. The zero-order valence-electron chi connectivity index (χ0n) is 21.3. The van der Waals surface area contributed by atoms with Gasteiger partial charge >= 0.3 is 0 Å². The third-order valence-corrected chi connectivity index (χ3v) is 8.81. The van der Waals surface area contributed by atoms with Crippen molar-refractivity contribution in [2.45, 2.75) is 37.3 Å². The fraction of sp³-hybridized carbons (Fsp3) is 0.556. The molecule has 3 aliphatic carbocycles. The maximum Gasteiger partial charge on any atom is 0.235 e. The first-order valence-corrected chi connectivity index (χ1v) is 12.8. The first kappa shape index (κ1) is 26.3. The van der Waals surface area contributed by atoms with Crippen molar-refractivity contribution in [2.24, 2.45) is 29.4 Å². The lowest BCUT2D eigenvalue weighted by atomic mass is 9.52. The number of nitrogens with zero attached hydrogens (tertiary/aromatic N) is 2. The zero-order chi connectivity index (χ0) is 27.7. The molecule has 1 saturated heterocycles. The van der Waals surface area contributed by atoms with Gasteiger partial charge in [0, 0.05) is 11.5 Å². The van der Waals surface area contributed by atoms with E-state index in [-0.39, 0.29) is 30.7 Å². The van der Waals surface area contributed by atoms with Crippen LogP contribution in [0.4, 0.5) is 0 Å². The highest BCUT2D eigenvalue weighted by Gasteiger charge is 2.69. The van der Waals surface area contributed by atoms with E-state index in [1.54, 1.807) is 0 Å². The Morgan fingerprint density at radius 3 is 2.37 bits per heavy atom. The Bertz CT molecular complexity index is 1280. The number of primary amides is 1. The first-order chi connectivity index (χ1) is 17.9. The molecule has 1 amide bonds. The number of likely N-dealkylation sites (N-methyl/N-ethyl adjacent to an activating group) is 1. The van der Waals surface area contributed by atoms with Crippen LogP contribution in [-0.4, -0.2) is 100 Å². The second-order valence-corrected chi connectivity index (χ2v) is 11.2. The third kappa shape index (κ3) is 3.67. The molecule has 0 radical (unpaired) electrons. The minimum atomic E-state index is -2.77. The topological polar surface area (TPSA) is 175 Å². The summed E-state index contributed by atoms with van der Waals surface area (Å²) in [5.74, 6) is -11.3. The Morgan fingerprint density at radius 2 is 1.76 bits per heavy atom. The molecule has 3 fully saturated rings. The molecule has 1 aliphatic heterocycles. The van der Waals surface area contributed by atoms with Gasteiger partial charge in [-0.1, -0.05) is 0 Å². The molecule has 11 heteroatoms. The molecule has 4 N–H and O–H groups in total. The van der Waals surface area contributed by atoms with Gasteiger partial charge in [0.2, 0.25) is 5.91 Å². The second-order valence-electron chi connectivity index (χ2n) is 11.2. The minimum absolute atomic E-state index is 0.0562. The van der Waals surface area contributed by atoms with Crippen molar-refractivity contribution in [2.75, 3.05) is 33.7 Å². The highest BCUT2D eigenvalue weighted by atomic mass is 16.3. The molecule has 1 heterocycles. The molecule has 2 unspecified atom stereocenters. The lowest BCUT2D eigenvalue weighted by Crippen LogP contribution is -2.74. The van der Waals surface area contributed by atoms with Crippen LogP contribution in [0, 0.1) is 23.7 Å². The van der Waals surface area contributed by atoms with E-state index in [0.717, 1.165) is 25.9 Å². The average Bonchev–Trinajstić information content (AvgIpc) is 3.34. The third-order valence-electron chi connectivity index (χ3n) is 8.81. The number of rotatable bonds is 5. The van der Waals surface area contributed by atoms with Gasteiger partial charge in [-0.25, -0.2) is 0 Å². The molecule has 0 aromatic heterocycles. The highest BCUT2D eigenvalue weighted by molar-refractivity contribution is 6.32. The number of phenolic OH excluding ortho intramolecular Hbond substituents is 1. The monoisotopic (exact) mass is 525 g/mol. The Labute approximate surface area is 218 Å². The summed E-state index contributed by atoms with van der Waals surface area (Å²) < 4.78 is 0. The highest BCUT2D eigenvalue weighted by Crippen LogP contribution is 2.51. The van der Waals surface area contributed by atoms with E-state index in [0.29, 0.717) is 11.1 Å². The number of amides is 1. The van der Waals surface area contributed by atoms with Crippen LogP contribution in [0.1, 0.15) is 45.5 Å². The summed E-state index contributed by atoms with van der Waals surface area (Å²) in [5, 5.41) is 22.2. The predicted molar refractivity (Wildman–Crippen MR) is 131 cm³/mol. The smallest absolute Gasteiger partial charge is 0.235 e. The van der Waals surface area contributed by atoms with E-state index in [2.05, 4.69) is 0 Å². The number of aromatic hydroxyl groups is 1. The van der Waals surface area contributed by atoms with Crippen molar-refractivity contribution in [3.05, 3.63) is 28.8 Å². The molecular weight excluding hydrogens is 494 g/mol. The van der Waals surface area contributed by atoms with Crippen LogP contribution in [-0.2, 0) is 25.6 Å². The Kier molecular flexibility index (Phi) is 6.36. The van der Waals surface area contributed by atoms with Crippen molar-refractivity contribution in [3.8, 4) is 5.75 Å². The summed E-state index contributed by atoms with van der Waals surface area (Å²) in [4.78, 5) is 82.8. The molecule has 11 nitrogen and oxygen atoms in total. The molecule has 0 spiro atoms. The quantitative estimate of drug-likeness (QED) is 0.324. The Balaban J connectivity index is 1.58.